The van der Waals surface area contributed by atoms with Crippen molar-refractivity contribution in [2.45, 2.75) is 24.8 Å². The molecule has 140 valence electrons. The highest BCUT2D eigenvalue weighted by Crippen LogP contribution is 2.42. The van der Waals surface area contributed by atoms with Crippen LogP contribution in [0.2, 0.25) is 0 Å². The largest absolute Gasteiger partial charge is 0.298 e. The van der Waals surface area contributed by atoms with Gasteiger partial charge in [-0.1, -0.05) is 30.3 Å². The van der Waals surface area contributed by atoms with Crippen LogP contribution in [0.25, 0.3) is 11.3 Å². The van der Waals surface area contributed by atoms with Gasteiger partial charge in [0.15, 0.2) is 0 Å². The molecular formula is C19H26N4O2S. The highest BCUT2D eigenvalue weighted by Gasteiger charge is 2.41. The van der Waals surface area contributed by atoms with E-state index in [9.17, 15) is 8.42 Å². The molecule has 0 aliphatic carbocycles. The van der Waals surface area contributed by atoms with Gasteiger partial charge in [0.1, 0.15) is 0 Å². The van der Waals surface area contributed by atoms with Crippen molar-refractivity contribution in [3.8, 4) is 11.3 Å². The number of piperidine rings is 3. The van der Waals surface area contributed by atoms with Gasteiger partial charge in [0.05, 0.1) is 11.9 Å². The number of aryl methyl sites for hydroxylation is 1. The SMILES string of the molecule is Cn1nc(-c2ccccc2)cc1[C@@H]1CN2CC[C@H]1C[C@@H]2CNS(C)(=O)=O. The summed E-state index contributed by atoms with van der Waals surface area (Å²) < 4.78 is 27.5. The molecule has 4 atom stereocenters. The molecule has 5 rings (SSSR count). The zero-order chi connectivity index (χ0) is 18.3. The number of nitrogens with one attached hydrogen (secondary N) is 1. The van der Waals surface area contributed by atoms with Crippen LogP contribution < -0.4 is 4.72 Å². The van der Waals surface area contributed by atoms with Crippen LogP contribution in [0, 0.1) is 5.92 Å². The smallest absolute Gasteiger partial charge is 0.208 e. The molecule has 1 N–H and O–H groups in total. The number of fused-ring (bicyclic) bond motifs is 3. The predicted octanol–water partition coefficient (Wildman–Crippen LogP) is 1.81. The molecule has 3 aliphatic rings. The summed E-state index contributed by atoms with van der Waals surface area (Å²) in [7, 11) is -1.10. The van der Waals surface area contributed by atoms with E-state index in [1.54, 1.807) is 0 Å². The molecule has 6 nitrogen and oxygen atoms in total. The molecule has 4 heterocycles. The predicted molar refractivity (Wildman–Crippen MR) is 102 cm³/mol. The van der Waals surface area contributed by atoms with Gasteiger partial charge in [-0.3, -0.25) is 9.58 Å². The zero-order valence-electron chi connectivity index (χ0n) is 15.3. The number of nitrogens with zero attached hydrogens (tertiary/aromatic N) is 3. The fourth-order valence-corrected chi connectivity index (χ4v) is 5.01. The second kappa shape index (κ2) is 6.79. The molecule has 2 aromatic rings. The standard InChI is InChI=1S/C19H26N4O2S/c1-22-19(11-18(21-22)14-6-4-3-5-7-14)17-13-23-9-8-15(17)10-16(23)12-20-26(2,24)25/h3-7,11,15-17,20H,8-10,12-13H2,1-2H3/t15-,16+,17+/m0/s1. The Morgan fingerprint density at radius 2 is 2.04 bits per heavy atom. The van der Waals surface area contributed by atoms with E-state index in [2.05, 4.69) is 27.8 Å². The van der Waals surface area contributed by atoms with Gasteiger partial charge < -0.3 is 0 Å². The van der Waals surface area contributed by atoms with Crippen molar-refractivity contribution < 1.29 is 8.42 Å². The normalized spacial score (nSPS) is 28.4. The van der Waals surface area contributed by atoms with E-state index < -0.39 is 10.0 Å². The van der Waals surface area contributed by atoms with Crippen LogP contribution in [0.1, 0.15) is 24.5 Å². The minimum Gasteiger partial charge on any atom is -0.298 e. The van der Waals surface area contributed by atoms with E-state index in [1.807, 2.05) is 29.9 Å². The number of sulfonamides is 1. The maximum Gasteiger partial charge on any atom is 0.208 e. The van der Waals surface area contributed by atoms with Crippen LogP contribution in [-0.2, 0) is 17.1 Å². The second-order valence-electron chi connectivity index (χ2n) is 7.60. The summed E-state index contributed by atoms with van der Waals surface area (Å²) in [5, 5.41) is 4.73. The molecule has 0 spiro atoms. The topological polar surface area (TPSA) is 67.2 Å². The highest BCUT2D eigenvalue weighted by molar-refractivity contribution is 7.88. The van der Waals surface area contributed by atoms with Crippen molar-refractivity contribution in [3.05, 3.63) is 42.1 Å². The number of aromatic nitrogens is 2. The lowest BCUT2D eigenvalue weighted by Gasteiger charge is -2.49. The van der Waals surface area contributed by atoms with Gasteiger partial charge in [0.2, 0.25) is 10.0 Å². The number of hydrogen-bond acceptors (Lipinski definition) is 4. The summed E-state index contributed by atoms with van der Waals surface area (Å²) in [6.07, 6.45) is 3.44. The van der Waals surface area contributed by atoms with Crippen molar-refractivity contribution in [3.63, 3.8) is 0 Å². The Bertz CT molecular complexity index is 878. The first-order valence-corrected chi connectivity index (χ1v) is 11.1. The van der Waals surface area contributed by atoms with Gasteiger partial charge in [-0.25, -0.2) is 13.1 Å². The second-order valence-corrected chi connectivity index (χ2v) is 9.44. The Kier molecular flexibility index (Phi) is 4.62. The molecule has 0 amide bonds. The summed E-state index contributed by atoms with van der Waals surface area (Å²) in [5.41, 5.74) is 3.45. The molecule has 1 unspecified atom stereocenters. The van der Waals surface area contributed by atoms with Gasteiger partial charge >= 0.3 is 0 Å². The number of hydrogen-bond donors (Lipinski definition) is 1. The maximum absolute atomic E-state index is 11.4. The van der Waals surface area contributed by atoms with E-state index in [0.29, 0.717) is 24.4 Å². The third-order valence-corrected chi connectivity index (χ3v) is 6.52. The Labute approximate surface area is 155 Å². The molecule has 0 radical (unpaired) electrons. The van der Waals surface area contributed by atoms with Crippen LogP contribution in [0.15, 0.2) is 36.4 Å². The van der Waals surface area contributed by atoms with Gasteiger partial charge in [-0.2, -0.15) is 5.10 Å². The fourth-order valence-electron chi connectivity index (χ4n) is 4.51. The molecule has 1 aromatic heterocycles. The summed E-state index contributed by atoms with van der Waals surface area (Å²) in [6, 6.07) is 12.8. The van der Waals surface area contributed by atoms with E-state index in [1.165, 1.54) is 18.4 Å². The Morgan fingerprint density at radius 1 is 1.27 bits per heavy atom. The van der Waals surface area contributed by atoms with Gasteiger partial charge in [0.25, 0.3) is 0 Å². The van der Waals surface area contributed by atoms with Gasteiger partial charge in [-0.15, -0.1) is 0 Å². The van der Waals surface area contributed by atoms with Crippen molar-refractivity contribution in [1.29, 1.82) is 0 Å². The molecule has 2 bridgehead atoms. The van der Waals surface area contributed by atoms with E-state index in [4.69, 9.17) is 5.10 Å². The number of benzene rings is 1. The van der Waals surface area contributed by atoms with Crippen LogP contribution in [0.4, 0.5) is 0 Å². The van der Waals surface area contributed by atoms with E-state index >= 15 is 0 Å². The van der Waals surface area contributed by atoms with Gasteiger partial charge in [0, 0.05) is 43.4 Å². The van der Waals surface area contributed by atoms with Crippen LogP contribution >= 0.6 is 0 Å². The number of rotatable bonds is 5. The lowest BCUT2D eigenvalue weighted by atomic mass is 9.74. The first-order chi connectivity index (χ1) is 12.4. The van der Waals surface area contributed by atoms with E-state index in [-0.39, 0.29) is 0 Å². The quantitative estimate of drug-likeness (QED) is 0.867. The minimum absolute atomic E-state index is 0.307. The third kappa shape index (κ3) is 3.56. The monoisotopic (exact) mass is 374 g/mol. The van der Waals surface area contributed by atoms with Crippen molar-refractivity contribution in [1.82, 2.24) is 19.4 Å². The summed E-state index contributed by atoms with van der Waals surface area (Å²) in [4.78, 5) is 2.44. The van der Waals surface area contributed by atoms with Gasteiger partial charge in [-0.05, 0) is 31.4 Å². The van der Waals surface area contributed by atoms with Crippen molar-refractivity contribution >= 4 is 10.0 Å². The van der Waals surface area contributed by atoms with Crippen molar-refractivity contribution in [2.24, 2.45) is 13.0 Å². The summed E-state index contributed by atoms with van der Waals surface area (Å²) in [5.74, 6) is 1.05. The molecule has 3 fully saturated rings. The fraction of sp³-hybridized carbons (Fsp3) is 0.526. The molecule has 3 aliphatic heterocycles. The first-order valence-electron chi connectivity index (χ1n) is 9.19. The molecule has 1 aromatic carbocycles. The van der Waals surface area contributed by atoms with Crippen LogP contribution in [0.3, 0.4) is 0 Å². The summed E-state index contributed by atoms with van der Waals surface area (Å²) >= 11 is 0. The van der Waals surface area contributed by atoms with E-state index in [0.717, 1.165) is 30.8 Å². The molecule has 3 saturated heterocycles. The molecule has 7 heteroatoms. The molecular weight excluding hydrogens is 348 g/mol. The van der Waals surface area contributed by atoms with Crippen LogP contribution in [-0.4, -0.2) is 55.0 Å². The average molecular weight is 375 g/mol. The Hall–Kier alpha value is -1.70. The Balaban J connectivity index is 1.51. The van der Waals surface area contributed by atoms with Crippen LogP contribution in [0.5, 0.6) is 0 Å². The Morgan fingerprint density at radius 3 is 2.69 bits per heavy atom. The lowest BCUT2D eigenvalue weighted by Crippen LogP contribution is -2.56. The highest BCUT2D eigenvalue weighted by atomic mass is 32.2. The lowest BCUT2D eigenvalue weighted by molar-refractivity contribution is 0.0306. The third-order valence-electron chi connectivity index (χ3n) is 5.83. The minimum atomic E-state index is -3.13. The molecule has 26 heavy (non-hydrogen) atoms. The molecule has 0 saturated carbocycles. The first kappa shape index (κ1) is 17.7. The average Bonchev–Trinajstić information content (AvgIpc) is 3.02. The zero-order valence-corrected chi connectivity index (χ0v) is 16.1. The maximum atomic E-state index is 11.4. The summed E-state index contributed by atoms with van der Waals surface area (Å²) in [6.45, 7) is 2.55. The van der Waals surface area contributed by atoms with Crippen molar-refractivity contribution in [2.75, 3.05) is 25.9 Å².